The van der Waals surface area contributed by atoms with Gasteiger partial charge in [0.25, 0.3) is 5.92 Å². The lowest BCUT2D eigenvalue weighted by Gasteiger charge is -2.34. The highest BCUT2D eigenvalue weighted by Gasteiger charge is 2.41. The molecular weight excluding hydrogens is 437 g/mol. The maximum atomic E-state index is 13.6. The quantitative estimate of drug-likeness (QED) is 0.678. The van der Waals surface area contributed by atoms with E-state index in [1.165, 1.54) is 4.90 Å². The normalized spacial score (nSPS) is 19.8. The van der Waals surface area contributed by atoms with E-state index in [1.807, 2.05) is 0 Å². The number of fused-ring (bicyclic) bond motifs is 1. The number of nitrogens with zero attached hydrogens (tertiary/aromatic N) is 4. The van der Waals surface area contributed by atoms with E-state index in [9.17, 15) is 31.5 Å². The fourth-order valence-electron chi connectivity index (χ4n) is 3.92. The number of carbonyl (C=O) groups excluding carboxylic acids is 2. The van der Waals surface area contributed by atoms with E-state index in [1.54, 1.807) is 13.8 Å². The Labute approximate surface area is 182 Å². The van der Waals surface area contributed by atoms with Crippen molar-refractivity contribution in [3.05, 3.63) is 22.8 Å². The molecule has 1 aromatic rings. The Morgan fingerprint density at radius 2 is 1.91 bits per heavy atom. The number of nitrogens with two attached hydrogens (primary N) is 1. The first-order valence-electron chi connectivity index (χ1n) is 10.4. The van der Waals surface area contributed by atoms with Gasteiger partial charge in [0.1, 0.15) is 5.82 Å². The Kier molecular flexibility index (Phi) is 6.73. The van der Waals surface area contributed by atoms with Crippen molar-refractivity contribution in [2.45, 2.75) is 70.1 Å². The van der Waals surface area contributed by atoms with Crippen molar-refractivity contribution in [3.8, 4) is 0 Å². The molecule has 2 aliphatic rings. The Balaban J connectivity index is 1.69. The second-order valence-corrected chi connectivity index (χ2v) is 8.67. The maximum Gasteiger partial charge on any atom is 0.433 e. The van der Waals surface area contributed by atoms with Gasteiger partial charge in [-0.05, 0) is 6.42 Å². The highest BCUT2D eigenvalue weighted by atomic mass is 19.4. The van der Waals surface area contributed by atoms with Gasteiger partial charge in [0.15, 0.2) is 5.69 Å². The molecule has 1 aromatic heterocycles. The van der Waals surface area contributed by atoms with Crippen LogP contribution >= 0.6 is 0 Å². The van der Waals surface area contributed by atoms with Crippen LogP contribution < -0.4 is 5.73 Å². The minimum absolute atomic E-state index is 0.0172. The topological polar surface area (TPSA) is 92.4 Å². The monoisotopic (exact) mass is 463 g/mol. The lowest BCUT2D eigenvalue weighted by molar-refractivity contribution is -0.148. The molecule has 0 saturated carbocycles. The Morgan fingerprint density at radius 3 is 2.53 bits per heavy atom. The molecule has 0 bridgehead atoms. The summed E-state index contributed by atoms with van der Waals surface area (Å²) in [5, 5.41) is 0. The minimum Gasteiger partial charge on any atom is -0.336 e. The van der Waals surface area contributed by atoms with E-state index in [-0.39, 0.29) is 61.9 Å². The fourth-order valence-corrected chi connectivity index (χ4v) is 3.92. The molecule has 1 atom stereocenters. The predicted molar refractivity (Wildman–Crippen MR) is 104 cm³/mol. The summed E-state index contributed by atoms with van der Waals surface area (Å²) in [6.07, 6.45) is -5.70. The molecule has 7 nitrogen and oxygen atoms in total. The molecule has 0 aliphatic carbocycles. The lowest BCUT2D eigenvalue weighted by Crippen LogP contribution is -2.51. The van der Waals surface area contributed by atoms with Crippen LogP contribution in [-0.4, -0.2) is 63.2 Å². The van der Waals surface area contributed by atoms with Crippen LogP contribution in [0.1, 0.15) is 61.8 Å². The van der Waals surface area contributed by atoms with E-state index in [0.29, 0.717) is 0 Å². The fraction of sp³-hybridized carbons (Fsp3) is 0.700. The molecule has 3 rings (SSSR count). The average Bonchev–Trinajstić information content (AvgIpc) is 2.68. The van der Waals surface area contributed by atoms with Gasteiger partial charge in [-0.15, -0.1) is 0 Å². The largest absolute Gasteiger partial charge is 0.433 e. The van der Waals surface area contributed by atoms with Crippen LogP contribution in [0.5, 0.6) is 0 Å². The van der Waals surface area contributed by atoms with Gasteiger partial charge in [0.2, 0.25) is 11.8 Å². The van der Waals surface area contributed by atoms with E-state index < -0.39 is 48.6 Å². The predicted octanol–water partition coefficient (Wildman–Crippen LogP) is 2.48. The van der Waals surface area contributed by atoms with Gasteiger partial charge in [0.05, 0.1) is 18.8 Å². The zero-order valence-electron chi connectivity index (χ0n) is 17.9. The van der Waals surface area contributed by atoms with Gasteiger partial charge >= 0.3 is 6.18 Å². The van der Waals surface area contributed by atoms with E-state index in [0.717, 1.165) is 4.90 Å². The molecule has 2 aliphatic heterocycles. The van der Waals surface area contributed by atoms with Crippen LogP contribution in [0.4, 0.5) is 22.0 Å². The highest BCUT2D eigenvalue weighted by Crippen LogP contribution is 2.35. The number of carbonyl (C=O) groups is 2. The smallest absolute Gasteiger partial charge is 0.336 e. The van der Waals surface area contributed by atoms with Crippen LogP contribution in [0, 0.1) is 0 Å². The molecule has 178 valence electrons. The third-order valence-electron chi connectivity index (χ3n) is 5.59. The van der Waals surface area contributed by atoms with Crippen molar-refractivity contribution in [2.75, 3.05) is 19.6 Å². The molecule has 3 heterocycles. The lowest BCUT2D eigenvalue weighted by atomic mass is 10.0. The van der Waals surface area contributed by atoms with Gasteiger partial charge in [-0.1, -0.05) is 13.8 Å². The standard InChI is InChI=1S/C20H26F5N5O2/c1-11(2)18-27-14-9-29(6-4-13(14)17(28-18)20(23,24)25)16(32)7-12(26)8-30-10-19(21,22)5-3-15(30)31/h11-12H,3-10,26H2,1-2H3/t12-/m1/s1. The van der Waals surface area contributed by atoms with Crippen molar-refractivity contribution in [1.29, 1.82) is 0 Å². The number of piperidine rings is 1. The number of hydrogen-bond donors (Lipinski definition) is 1. The molecule has 0 spiro atoms. The first-order chi connectivity index (χ1) is 14.8. The van der Waals surface area contributed by atoms with Crippen molar-refractivity contribution >= 4 is 11.8 Å². The number of amides is 2. The number of alkyl halides is 5. The van der Waals surface area contributed by atoms with Crippen LogP contribution in [0.2, 0.25) is 0 Å². The second kappa shape index (κ2) is 8.87. The highest BCUT2D eigenvalue weighted by molar-refractivity contribution is 5.78. The zero-order chi connectivity index (χ0) is 23.8. The van der Waals surface area contributed by atoms with Crippen LogP contribution in [0.15, 0.2) is 0 Å². The molecule has 0 aromatic carbocycles. The summed E-state index contributed by atoms with van der Waals surface area (Å²) in [6.45, 7) is 2.35. The number of aromatic nitrogens is 2. The van der Waals surface area contributed by atoms with Crippen molar-refractivity contribution in [1.82, 2.24) is 19.8 Å². The molecule has 12 heteroatoms. The summed E-state index contributed by atoms with van der Waals surface area (Å²) in [7, 11) is 0. The molecule has 0 unspecified atom stereocenters. The summed E-state index contributed by atoms with van der Waals surface area (Å²) in [6, 6.07) is -0.871. The summed E-state index contributed by atoms with van der Waals surface area (Å²) in [5.41, 5.74) is 5.10. The molecule has 1 fully saturated rings. The van der Waals surface area contributed by atoms with Crippen molar-refractivity contribution in [3.63, 3.8) is 0 Å². The van der Waals surface area contributed by atoms with Crippen LogP contribution in [-0.2, 0) is 28.7 Å². The molecular formula is C20H26F5N5O2. The Morgan fingerprint density at radius 1 is 1.22 bits per heavy atom. The maximum absolute atomic E-state index is 13.6. The molecule has 32 heavy (non-hydrogen) atoms. The van der Waals surface area contributed by atoms with Crippen LogP contribution in [0.25, 0.3) is 0 Å². The average molecular weight is 463 g/mol. The van der Waals surface area contributed by atoms with Gasteiger partial charge in [-0.2, -0.15) is 13.2 Å². The second-order valence-electron chi connectivity index (χ2n) is 8.67. The first kappa shape index (κ1) is 24.3. The molecule has 1 saturated heterocycles. The Bertz CT molecular complexity index is 890. The zero-order valence-corrected chi connectivity index (χ0v) is 17.9. The summed E-state index contributed by atoms with van der Waals surface area (Å²) < 4.78 is 67.6. The number of likely N-dealkylation sites (tertiary alicyclic amines) is 1. The summed E-state index contributed by atoms with van der Waals surface area (Å²) in [5.74, 6) is -4.15. The minimum atomic E-state index is -4.63. The SMILES string of the molecule is CC(C)c1nc2c(c(C(F)(F)F)n1)CCN(C(=O)C[C@@H](N)CN1CC(F)(F)CCC1=O)C2. The number of hydrogen-bond acceptors (Lipinski definition) is 5. The first-order valence-corrected chi connectivity index (χ1v) is 10.4. The third-order valence-corrected chi connectivity index (χ3v) is 5.59. The Hall–Kier alpha value is -2.37. The number of rotatable bonds is 5. The van der Waals surface area contributed by atoms with E-state index in [2.05, 4.69) is 9.97 Å². The third kappa shape index (κ3) is 5.51. The van der Waals surface area contributed by atoms with Gasteiger partial charge in [-0.25, -0.2) is 18.7 Å². The molecule has 0 radical (unpaired) electrons. The number of halogens is 5. The molecule has 2 N–H and O–H groups in total. The van der Waals surface area contributed by atoms with E-state index in [4.69, 9.17) is 5.73 Å². The summed E-state index contributed by atoms with van der Waals surface area (Å²) in [4.78, 5) is 34.8. The van der Waals surface area contributed by atoms with Crippen LogP contribution in [0.3, 0.4) is 0 Å². The van der Waals surface area contributed by atoms with E-state index >= 15 is 0 Å². The summed E-state index contributed by atoms with van der Waals surface area (Å²) >= 11 is 0. The molecule has 2 amide bonds. The van der Waals surface area contributed by atoms with Gasteiger partial charge in [0, 0.05) is 49.9 Å². The van der Waals surface area contributed by atoms with Gasteiger partial charge < -0.3 is 15.5 Å². The van der Waals surface area contributed by atoms with Crippen molar-refractivity contribution < 1.29 is 31.5 Å². The van der Waals surface area contributed by atoms with Gasteiger partial charge in [-0.3, -0.25) is 9.59 Å². The van der Waals surface area contributed by atoms with Crippen molar-refractivity contribution in [2.24, 2.45) is 5.73 Å².